The molecule has 1 saturated heterocycles. The Kier molecular flexibility index (Phi) is 5.34. The molecule has 0 unspecified atom stereocenters. The van der Waals surface area contributed by atoms with Crippen LogP contribution in [0.3, 0.4) is 0 Å². The van der Waals surface area contributed by atoms with Crippen LogP contribution in [0.2, 0.25) is 0 Å². The Balaban J connectivity index is 1.93. The van der Waals surface area contributed by atoms with Gasteiger partial charge in [0, 0.05) is 17.7 Å². The molecular weight excluding hydrogens is 372 g/mol. The lowest BCUT2D eigenvalue weighted by atomic mass is 10.1. The Labute approximate surface area is 159 Å². The molecule has 1 amide bonds. The summed E-state index contributed by atoms with van der Waals surface area (Å²) in [5, 5.41) is 13.6. The number of benzene rings is 2. The number of nitro groups is 1. The van der Waals surface area contributed by atoms with Gasteiger partial charge in [0.2, 0.25) is 0 Å². The van der Waals surface area contributed by atoms with Crippen LogP contribution < -0.4 is 10.1 Å². The zero-order valence-corrected chi connectivity index (χ0v) is 15.4. The molecule has 26 heavy (non-hydrogen) atoms. The van der Waals surface area contributed by atoms with Gasteiger partial charge in [0.25, 0.3) is 11.6 Å². The first-order valence-electron chi connectivity index (χ1n) is 7.64. The molecule has 1 aliphatic rings. The van der Waals surface area contributed by atoms with Crippen molar-refractivity contribution in [1.29, 1.82) is 0 Å². The number of non-ortho nitro benzene ring substituents is 1. The van der Waals surface area contributed by atoms with Crippen molar-refractivity contribution in [2.45, 2.75) is 13.5 Å². The molecular formula is C18H14N2O4S2. The third-order valence-electron chi connectivity index (χ3n) is 3.78. The van der Waals surface area contributed by atoms with E-state index in [-0.39, 0.29) is 11.6 Å². The first kappa shape index (κ1) is 18.1. The summed E-state index contributed by atoms with van der Waals surface area (Å²) in [4.78, 5) is 22.8. The SMILES string of the molecule is Cc1ccccc1COc1ccc([N+](=O)[O-])cc1/C=C1/SC(=S)NC1=O. The number of carbonyl (C=O) groups is 1. The fourth-order valence-electron chi connectivity index (χ4n) is 2.38. The quantitative estimate of drug-likeness (QED) is 0.362. The van der Waals surface area contributed by atoms with Gasteiger partial charge < -0.3 is 10.1 Å². The summed E-state index contributed by atoms with van der Waals surface area (Å²) in [5.41, 5.74) is 2.48. The second-order valence-electron chi connectivity index (χ2n) is 5.55. The summed E-state index contributed by atoms with van der Waals surface area (Å²) in [7, 11) is 0. The minimum Gasteiger partial charge on any atom is -0.488 e. The number of hydrogen-bond acceptors (Lipinski definition) is 6. The number of nitrogens with zero attached hydrogens (tertiary/aromatic N) is 1. The molecule has 2 aromatic carbocycles. The minimum absolute atomic E-state index is 0.0777. The molecule has 8 heteroatoms. The van der Waals surface area contributed by atoms with Crippen molar-refractivity contribution in [3.63, 3.8) is 0 Å². The van der Waals surface area contributed by atoms with Gasteiger partial charge in [-0.05, 0) is 30.2 Å². The molecule has 1 fully saturated rings. The van der Waals surface area contributed by atoms with E-state index in [0.717, 1.165) is 22.9 Å². The largest absolute Gasteiger partial charge is 0.488 e. The van der Waals surface area contributed by atoms with E-state index in [1.54, 1.807) is 12.1 Å². The molecule has 0 atom stereocenters. The van der Waals surface area contributed by atoms with E-state index in [2.05, 4.69) is 5.32 Å². The van der Waals surface area contributed by atoms with Gasteiger partial charge in [-0.3, -0.25) is 14.9 Å². The van der Waals surface area contributed by atoms with Crippen LogP contribution >= 0.6 is 24.0 Å². The molecule has 132 valence electrons. The maximum absolute atomic E-state index is 11.9. The molecule has 1 aliphatic heterocycles. The number of thioether (sulfide) groups is 1. The van der Waals surface area contributed by atoms with Crippen LogP contribution in [0.5, 0.6) is 5.75 Å². The first-order chi connectivity index (χ1) is 12.4. The highest BCUT2D eigenvalue weighted by Crippen LogP contribution is 2.32. The van der Waals surface area contributed by atoms with Crippen LogP contribution in [0.25, 0.3) is 6.08 Å². The molecule has 0 aliphatic carbocycles. The van der Waals surface area contributed by atoms with Gasteiger partial charge in [-0.1, -0.05) is 48.2 Å². The Morgan fingerprint density at radius 3 is 2.73 bits per heavy atom. The smallest absolute Gasteiger partial charge is 0.270 e. The third-order valence-corrected chi connectivity index (χ3v) is 4.94. The predicted molar refractivity (Wildman–Crippen MR) is 105 cm³/mol. The van der Waals surface area contributed by atoms with Gasteiger partial charge in [-0.15, -0.1) is 0 Å². The van der Waals surface area contributed by atoms with Gasteiger partial charge in [0.1, 0.15) is 16.7 Å². The molecule has 1 N–H and O–H groups in total. The van der Waals surface area contributed by atoms with Crippen molar-refractivity contribution in [2.24, 2.45) is 0 Å². The fraction of sp³-hybridized carbons (Fsp3) is 0.111. The van der Waals surface area contributed by atoms with Gasteiger partial charge in [-0.2, -0.15) is 0 Å². The number of ether oxygens (including phenoxy) is 1. The van der Waals surface area contributed by atoms with E-state index in [1.165, 1.54) is 12.1 Å². The average molecular weight is 386 g/mol. The number of nitrogens with one attached hydrogen (secondary N) is 1. The Morgan fingerprint density at radius 1 is 1.31 bits per heavy atom. The Hall–Kier alpha value is -2.71. The summed E-state index contributed by atoms with van der Waals surface area (Å²) in [5.74, 6) is 0.133. The van der Waals surface area contributed by atoms with Crippen molar-refractivity contribution >= 4 is 46.0 Å². The maximum atomic E-state index is 11.9. The number of hydrogen-bond donors (Lipinski definition) is 1. The van der Waals surface area contributed by atoms with Crippen LogP contribution in [-0.2, 0) is 11.4 Å². The van der Waals surface area contributed by atoms with E-state index in [9.17, 15) is 14.9 Å². The minimum atomic E-state index is -0.486. The van der Waals surface area contributed by atoms with Crippen molar-refractivity contribution in [3.05, 3.63) is 74.2 Å². The van der Waals surface area contributed by atoms with E-state index in [1.807, 2.05) is 31.2 Å². The van der Waals surface area contributed by atoms with Crippen molar-refractivity contribution < 1.29 is 14.5 Å². The lowest BCUT2D eigenvalue weighted by molar-refractivity contribution is -0.384. The Bertz CT molecular complexity index is 941. The summed E-state index contributed by atoms with van der Waals surface area (Å²) in [6, 6.07) is 12.1. The number of rotatable bonds is 5. The van der Waals surface area contributed by atoms with Crippen LogP contribution in [0.4, 0.5) is 5.69 Å². The number of carbonyl (C=O) groups excluding carboxylic acids is 1. The van der Waals surface area contributed by atoms with E-state index >= 15 is 0 Å². The Morgan fingerprint density at radius 2 is 2.08 bits per heavy atom. The topological polar surface area (TPSA) is 81.5 Å². The third kappa shape index (κ3) is 4.09. The average Bonchev–Trinajstić information content (AvgIpc) is 2.92. The highest BCUT2D eigenvalue weighted by molar-refractivity contribution is 8.26. The number of thiocarbonyl (C=S) groups is 1. The summed E-state index contributed by atoms with van der Waals surface area (Å²) in [6.45, 7) is 2.30. The summed E-state index contributed by atoms with van der Waals surface area (Å²) in [6.07, 6.45) is 1.56. The summed E-state index contributed by atoms with van der Waals surface area (Å²) < 4.78 is 6.23. The van der Waals surface area contributed by atoms with Gasteiger partial charge in [0.15, 0.2) is 0 Å². The second-order valence-corrected chi connectivity index (χ2v) is 7.27. The summed E-state index contributed by atoms with van der Waals surface area (Å²) >= 11 is 6.08. The zero-order valence-electron chi connectivity index (χ0n) is 13.7. The van der Waals surface area contributed by atoms with Crippen LogP contribution in [0.1, 0.15) is 16.7 Å². The van der Waals surface area contributed by atoms with E-state index in [0.29, 0.717) is 27.1 Å². The number of nitro benzene ring substituents is 1. The van der Waals surface area contributed by atoms with E-state index in [4.69, 9.17) is 17.0 Å². The first-order valence-corrected chi connectivity index (χ1v) is 8.87. The van der Waals surface area contributed by atoms with Crippen molar-refractivity contribution in [2.75, 3.05) is 0 Å². The van der Waals surface area contributed by atoms with Gasteiger partial charge >= 0.3 is 0 Å². The highest BCUT2D eigenvalue weighted by Gasteiger charge is 2.23. The molecule has 0 saturated carbocycles. The standard InChI is InChI=1S/C18H14N2O4S2/c1-11-4-2-3-5-12(11)10-24-15-7-6-14(20(22)23)8-13(15)9-16-17(21)19-18(25)26-16/h2-9H,10H2,1H3,(H,19,21,25)/b16-9+. The van der Waals surface area contributed by atoms with Gasteiger partial charge in [-0.25, -0.2) is 0 Å². The maximum Gasteiger partial charge on any atom is 0.270 e. The van der Waals surface area contributed by atoms with Crippen molar-refractivity contribution in [3.8, 4) is 5.75 Å². The molecule has 6 nitrogen and oxygen atoms in total. The molecule has 0 bridgehead atoms. The second kappa shape index (κ2) is 7.67. The molecule has 0 radical (unpaired) electrons. The highest BCUT2D eigenvalue weighted by atomic mass is 32.2. The van der Waals surface area contributed by atoms with E-state index < -0.39 is 4.92 Å². The molecule has 3 rings (SSSR count). The van der Waals surface area contributed by atoms with Crippen LogP contribution in [0, 0.1) is 17.0 Å². The van der Waals surface area contributed by atoms with Gasteiger partial charge in [0.05, 0.1) is 9.83 Å². The molecule has 0 aromatic heterocycles. The van der Waals surface area contributed by atoms with Crippen molar-refractivity contribution in [1.82, 2.24) is 5.32 Å². The number of aryl methyl sites for hydroxylation is 1. The van der Waals surface area contributed by atoms with Crippen LogP contribution in [-0.4, -0.2) is 15.2 Å². The molecule has 1 heterocycles. The fourth-order valence-corrected chi connectivity index (χ4v) is 3.42. The monoisotopic (exact) mass is 386 g/mol. The number of amides is 1. The van der Waals surface area contributed by atoms with Crippen LogP contribution in [0.15, 0.2) is 47.4 Å². The lowest BCUT2D eigenvalue weighted by Crippen LogP contribution is -2.17. The molecule has 0 spiro atoms. The zero-order chi connectivity index (χ0) is 18.7. The normalized spacial score (nSPS) is 15.2. The predicted octanol–water partition coefficient (Wildman–Crippen LogP) is 3.97. The lowest BCUT2D eigenvalue weighted by Gasteiger charge is -2.11. The molecule has 2 aromatic rings.